The van der Waals surface area contributed by atoms with Gasteiger partial charge in [0.15, 0.2) is 5.78 Å². The number of hydrogen-bond donors (Lipinski definition) is 0. The summed E-state index contributed by atoms with van der Waals surface area (Å²) in [5, 5.41) is 0. The van der Waals surface area contributed by atoms with Crippen LogP contribution < -0.4 is 0 Å². The van der Waals surface area contributed by atoms with Crippen molar-refractivity contribution in [2.75, 3.05) is 0 Å². The van der Waals surface area contributed by atoms with E-state index >= 15 is 0 Å². The first-order chi connectivity index (χ1) is 6.77. The van der Waals surface area contributed by atoms with Gasteiger partial charge in [-0.15, -0.1) is 0 Å². The average molecular weight is 213 g/mol. The number of hydrogen-bond acceptors (Lipinski definition) is 3. The van der Waals surface area contributed by atoms with Crippen molar-refractivity contribution in [1.82, 2.24) is 4.90 Å². The van der Waals surface area contributed by atoms with Crippen LogP contribution in [-0.2, 0) is 14.4 Å². The molecule has 0 N–H and O–H groups in total. The molecular weight excluding hydrogens is 194 g/mol. The van der Waals surface area contributed by atoms with Gasteiger partial charge in [-0.25, -0.2) is 0 Å². The molecule has 4 heteroatoms. The molecule has 86 valence electrons. The fourth-order valence-corrected chi connectivity index (χ4v) is 1.56. The van der Waals surface area contributed by atoms with Crippen molar-refractivity contribution in [3.8, 4) is 0 Å². The highest BCUT2D eigenvalue weighted by atomic mass is 16.2. The van der Waals surface area contributed by atoms with Crippen molar-refractivity contribution in [1.29, 1.82) is 0 Å². The summed E-state index contributed by atoms with van der Waals surface area (Å²) >= 11 is 0. The minimum Gasteiger partial charge on any atom is -0.298 e. The maximum atomic E-state index is 11.4. The molecule has 0 saturated carbocycles. The number of rotatable bonds is 4. The topological polar surface area (TPSA) is 54.5 Å². The molecule has 0 fully saturated rings. The Bertz CT molecular complexity index is 257. The van der Waals surface area contributed by atoms with Crippen LogP contribution in [0.3, 0.4) is 0 Å². The lowest BCUT2D eigenvalue weighted by atomic mass is 9.99. The van der Waals surface area contributed by atoms with E-state index in [-0.39, 0.29) is 23.5 Å². The number of ketones is 1. The predicted octanol–water partition coefficient (Wildman–Crippen LogP) is 1.39. The van der Waals surface area contributed by atoms with Gasteiger partial charge in [0.2, 0.25) is 11.8 Å². The zero-order valence-electron chi connectivity index (χ0n) is 10.0. The third-order valence-corrected chi connectivity index (χ3v) is 2.15. The van der Waals surface area contributed by atoms with Gasteiger partial charge in [-0.05, 0) is 19.3 Å². The van der Waals surface area contributed by atoms with Crippen LogP contribution in [0.15, 0.2) is 0 Å². The standard InChI is InChI=1S/C11H19NO3/c1-7(2)6-11(8(3)13)12(9(4)14)10(5)15/h7,11H,6H2,1-5H3. The summed E-state index contributed by atoms with van der Waals surface area (Å²) < 4.78 is 0. The molecular formula is C11H19NO3. The maximum absolute atomic E-state index is 11.4. The van der Waals surface area contributed by atoms with E-state index in [9.17, 15) is 14.4 Å². The Morgan fingerprint density at radius 3 is 1.60 bits per heavy atom. The smallest absolute Gasteiger partial charge is 0.226 e. The van der Waals surface area contributed by atoms with Crippen LogP contribution in [0.25, 0.3) is 0 Å². The molecule has 0 radical (unpaired) electrons. The Labute approximate surface area is 90.6 Å². The monoisotopic (exact) mass is 213 g/mol. The molecule has 0 rings (SSSR count). The van der Waals surface area contributed by atoms with Crippen LogP contribution in [0.4, 0.5) is 0 Å². The number of amides is 2. The SMILES string of the molecule is CC(=O)C(CC(C)C)N(C(C)=O)C(C)=O. The van der Waals surface area contributed by atoms with E-state index in [1.54, 1.807) is 0 Å². The van der Waals surface area contributed by atoms with Gasteiger partial charge in [-0.1, -0.05) is 13.8 Å². The van der Waals surface area contributed by atoms with E-state index in [2.05, 4.69) is 0 Å². The maximum Gasteiger partial charge on any atom is 0.226 e. The van der Waals surface area contributed by atoms with E-state index in [1.165, 1.54) is 20.8 Å². The van der Waals surface area contributed by atoms with Crippen molar-refractivity contribution in [3.63, 3.8) is 0 Å². The Morgan fingerprint density at radius 1 is 1.00 bits per heavy atom. The third kappa shape index (κ3) is 4.23. The molecule has 15 heavy (non-hydrogen) atoms. The van der Waals surface area contributed by atoms with Crippen molar-refractivity contribution in [3.05, 3.63) is 0 Å². The second kappa shape index (κ2) is 5.63. The van der Waals surface area contributed by atoms with Gasteiger partial charge >= 0.3 is 0 Å². The first kappa shape index (κ1) is 13.8. The molecule has 0 aromatic rings. The van der Waals surface area contributed by atoms with Gasteiger partial charge in [0.25, 0.3) is 0 Å². The molecule has 0 aliphatic carbocycles. The fourth-order valence-electron chi connectivity index (χ4n) is 1.56. The molecule has 2 amide bonds. The van der Waals surface area contributed by atoms with Crippen molar-refractivity contribution in [2.45, 2.75) is 47.1 Å². The number of carbonyl (C=O) groups excluding carboxylic acids is 3. The van der Waals surface area contributed by atoms with Crippen LogP contribution in [0.2, 0.25) is 0 Å². The summed E-state index contributed by atoms with van der Waals surface area (Å²) in [6.45, 7) is 7.92. The van der Waals surface area contributed by atoms with E-state index in [0.717, 1.165) is 4.90 Å². The second-order valence-electron chi connectivity index (χ2n) is 4.16. The lowest BCUT2D eigenvalue weighted by Crippen LogP contribution is -2.46. The third-order valence-electron chi connectivity index (χ3n) is 2.15. The number of carbonyl (C=O) groups is 3. The highest BCUT2D eigenvalue weighted by Gasteiger charge is 2.28. The summed E-state index contributed by atoms with van der Waals surface area (Å²) in [5.41, 5.74) is 0. The second-order valence-corrected chi connectivity index (χ2v) is 4.16. The lowest BCUT2D eigenvalue weighted by Gasteiger charge is -2.27. The van der Waals surface area contributed by atoms with Crippen LogP contribution in [0.1, 0.15) is 41.0 Å². The van der Waals surface area contributed by atoms with E-state index < -0.39 is 6.04 Å². The summed E-state index contributed by atoms with van der Waals surface area (Å²) in [4.78, 5) is 35.0. The molecule has 0 aliphatic heterocycles. The molecule has 0 aliphatic rings. The Hall–Kier alpha value is -1.19. The van der Waals surface area contributed by atoms with Crippen LogP contribution in [-0.4, -0.2) is 28.5 Å². The predicted molar refractivity (Wildman–Crippen MR) is 57.1 cm³/mol. The van der Waals surface area contributed by atoms with Crippen molar-refractivity contribution < 1.29 is 14.4 Å². The average Bonchev–Trinajstić information content (AvgIpc) is 2.00. The van der Waals surface area contributed by atoms with Crippen LogP contribution in [0, 0.1) is 5.92 Å². The molecule has 0 heterocycles. The Kier molecular flexibility index (Phi) is 5.19. The first-order valence-corrected chi connectivity index (χ1v) is 5.08. The van der Waals surface area contributed by atoms with Crippen molar-refractivity contribution >= 4 is 17.6 Å². The fraction of sp³-hybridized carbons (Fsp3) is 0.727. The highest BCUT2D eigenvalue weighted by molar-refractivity contribution is 5.98. The van der Waals surface area contributed by atoms with Crippen molar-refractivity contribution in [2.24, 2.45) is 5.92 Å². The molecule has 0 spiro atoms. The first-order valence-electron chi connectivity index (χ1n) is 5.08. The van der Waals surface area contributed by atoms with E-state index in [4.69, 9.17) is 0 Å². The molecule has 0 bridgehead atoms. The quantitative estimate of drug-likeness (QED) is 0.709. The van der Waals surface area contributed by atoms with Gasteiger partial charge in [0.1, 0.15) is 0 Å². The minimum absolute atomic E-state index is 0.144. The van der Waals surface area contributed by atoms with E-state index in [1.807, 2.05) is 13.8 Å². The molecule has 1 atom stereocenters. The molecule has 0 aromatic carbocycles. The van der Waals surface area contributed by atoms with Crippen LogP contribution >= 0.6 is 0 Å². The normalized spacial score (nSPS) is 12.4. The molecule has 0 aromatic heterocycles. The van der Waals surface area contributed by atoms with Crippen LogP contribution in [0.5, 0.6) is 0 Å². The minimum atomic E-state index is -0.611. The Morgan fingerprint density at radius 2 is 1.40 bits per heavy atom. The van der Waals surface area contributed by atoms with E-state index in [0.29, 0.717) is 6.42 Å². The zero-order chi connectivity index (χ0) is 12.2. The Balaban J connectivity index is 4.92. The molecule has 1 unspecified atom stereocenters. The summed E-state index contributed by atoms with van der Waals surface area (Å²) in [7, 11) is 0. The molecule has 0 saturated heterocycles. The number of Topliss-reactive ketones (excluding diaryl/α,β-unsaturated/α-hetero) is 1. The van der Waals surface area contributed by atoms with Gasteiger partial charge in [-0.2, -0.15) is 0 Å². The number of imide groups is 1. The largest absolute Gasteiger partial charge is 0.298 e. The summed E-state index contributed by atoms with van der Waals surface area (Å²) in [6.07, 6.45) is 0.522. The van der Waals surface area contributed by atoms with Gasteiger partial charge < -0.3 is 0 Å². The van der Waals surface area contributed by atoms with Gasteiger partial charge in [-0.3, -0.25) is 19.3 Å². The number of nitrogens with zero attached hydrogens (tertiary/aromatic N) is 1. The lowest BCUT2D eigenvalue weighted by molar-refractivity contribution is -0.149. The highest BCUT2D eigenvalue weighted by Crippen LogP contribution is 2.13. The summed E-state index contributed by atoms with van der Waals surface area (Å²) in [5.74, 6) is -0.624. The molecule has 4 nitrogen and oxygen atoms in total. The van der Waals surface area contributed by atoms with Gasteiger partial charge in [0, 0.05) is 13.8 Å². The summed E-state index contributed by atoms with van der Waals surface area (Å²) in [6, 6.07) is -0.611. The zero-order valence-corrected chi connectivity index (χ0v) is 10.0. The van der Waals surface area contributed by atoms with Gasteiger partial charge in [0.05, 0.1) is 6.04 Å².